The third-order valence-electron chi connectivity index (χ3n) is 2.65. The summed E-state index contributed by atoms with van der Waals surface area (Å²) in [5.41, 5.74) is 5.62. The summed E-state index contributed by atoms with van der Waals surface area (Å²) in [6.45, 7) is 0. The van der Waals surface area contributed by atoms with Gasteiger partial charge in [0.15, 0.2) is 0 Å². The zero-order valence-electron chi connectivity index (χ0n) is 11.1. The second kappa shape index (κ2) is 6.83. The highest BCUT2D eigenvalue weighted by atomic mass is 16.5. The normalized spacial score (nSPS) is 13.4. The van der Waals surface area contributed by atoms with Crippen molar-refractivity contribution in [3.63, 3.8) is 0 Å². The van der Waals surface area contributed by atoms with Crippen LogP contribution in [0.3, 0.4) is 0 Å². The van der Waals surface area contributed by atoms with E-state index in [0.717, 1.165) is 0 Å². The first kappa shape index (κ1) is 15.9. The number of esters is 2. The van der Waals surface area contributed by atoms with Crippen molar-refractivity contribution in [2.75, 3.05) is 20.0 Å². The second-order valence-electron chi connectivity index (χ2n) is 3.99. The van der Waals surface area contributed by atoms with E-state index in [4.69, 9.17) is 5.73 Å². The minimum atomic E-state index is -1.41. The Balaban J connectivity index is 2.96. The number of carbonyl (C=O) groups excluding carboxylic acids is 2. The summed E-state index contributed by atoms with van der Waals surface area (Å²) < 4.78 is 8.90. The summed E-state index contributed by atoms with van der Waals surface area (Å²) in [7, 11) is 2.35. The lowest BCUT2D eigenvalue weighted by atomic mass is 10.0. The molecule has 0 radical (unpaired) electrons. The van der Waals surface area contributed by atoms with Gasteiger partial charge >= 0.3 is 11.9 Å². The first-order chi connectivity index (χ1) is 9.40. The number of rotatable bonds is 5. The molecule has 0 aliphatic heterocycles. The maximum atomic E-state index is 11.4. The Labute approximate surface area is 115 Å². The van der Waals surface area contributed by atoms with Gasteiger partial charge in [-0.1, -0.05) is 0 Å². The second-order valence-corrected chi connectivity index (χ2v) is 3.99. The van der Waals surface area contributed by atoms with Gasteiger partial charge in [-0.25, -0.2) is 9.78 Å². The topological polar surface area (TPSA) is 132 Å². The molecule has 20 heavy (non-hydrogen) atoms. The lowest BCUT2D eigenvalue weighted by molar-refractivity contribution is -0.144. The summed E-state index contributed by atoms with van der Waals surface area (Å²) in [6.07, 6.45) is -1.99. The van der Waals surface area contributed by atoms with Crippen LogP contribution in [0.1, 0.15) is 28.4 Å². The van der Waals surface area contributed by atoms with E-state index in [1.807, 2.05) is 0 Å². The van der Waals surface area contributed by atoms with Crippen LogP contribution in [0.15, 0.2) is 12.3 Å². The fourth-order valence-electron chi connectivity index (χ4n) is 1.51. The largest absolute Gasteiger partial charge is 0.469 e. The van der Waals surface area contributed by atoms with Crippen LogP contribution in [0, 0.1) is 0 Å². The van der Waals surface area contributed by atoms with Gasteiger partial charge in [0.1, 0.15) is 17.5 Å². The molecule has 1 heterocycles. The molecule has 0 fully saturated rings. The molecule has 0 bridgehead atoms. The number of aromatic nitrogens is 1. The average molecular weight is 284 g/mol. The Bertz CT molecular complexity index is 505. The molecule has 4 N–H and O–H groups in total. The molecule has 2 atom stereocenters. The highest BCUT2D eigenvalue weighted by molar-refractivity contribution is 5.94. The molecule has 1 rings (SSSR count). The van der Waals surface area contributed by atoms with Crippen molar-refractivity contribution < 1.29 is 29.3 Å². The lowest BCUT2D eigenvalue weighted by Crippen LogP contribution is -2.23. The van der Waals surface area contributed by atoms with Crippen LogP contribution in [0.2, 0.25) is 0 Å². The SMILES string of the molecule is COC(=O)CC(O)C(O)c1cnc(N)c(C(=O)OC)c1. The van der Waals surface area contributed by atoms with Gasteiger partial charge in [-0.2, -0.15) is 0 Å². The zero-order valence-corrected chi connectivity index (χ0v) is 11.1. The number of nitrogens with zero attached hydrogens (tertiary/aromatic N) is 1. The molecule has 8 heteroatoms. The van der Waals surface area contributed by atoms with Crippen molar-refractivity contribution in [3.05, 3.63) is 23.4 Å². The van der Waals surface area contributed by atoms with Crippen LogP contribution in [0.4, 0.5) is 5.82 Å². The predicted molar refractivity (Wildman–Crippen MR) is 67.6 cm³/mol. The molecule has 110 valence electrons. The third kappa shape index (κ3) is 3.65. The molecule has 1 aromatic rings. The smallest absolute Gasteiger partial charge is 0.341 e. The van der Waals surface area contributed by atoms with Gasteiger partial charge in [0, 0.05) is 11.8 Å². The standard InChI is InChI=1S/C12H16N2O6/c1-19-9(16)4-8(15)10(17)6-3-7(12(18)20-2)11(13)14-5-6/h3,5,8,10,15,17H,4H2,1-2H3,(H2,13,14). The van der Waals surface area contributed by atoms with E-state index < -0.39 is 30.6 Å². The fourth-order valence-corrected chi connectivity index (χ4v) is 1.51. The minimum absolute atomic E-state index is 0.0330. The monoisotopic (exact) mass is 284 g/mol. The number of nitrogen functional groups attached to an aromatic ring is 1. The van der Waals surface area contributed by atoms with Crippen LogP contribution in [0.25, 0.3) is 0 Å². The number of ether oxygens (including phenoxy) is 2. The van der Waals surface area contributed by atoms with Crippen LogP contribution >= 0.6 is 0 Å². The Morgan fingerprint density at radius 2 is 2.00 bits per heavy atom. The molecule has 0 aliphatic carbocycles. The van der Waals surface area contributed by atoms with Gasteiger partial charge in [-0.3, -0.25) is 4.79 Å². The van der Waals surface area contributed by atoms with Gasteiger partial charge in [-0.05, 0) is 6.07 Å². The number of aliphatic hydroxyl groups is 2. The Morgan fingerprint density at radius 3 is 2.55 bits per heavy atom. The quantitative estimate of drug-likeness (QED) is 0.611. The number of hydrogen-bond acceptors (Lipinski definition) is 8. The highest BCUT2D eigenvalue weighted by Gasteiger charge is 2.24. The predicted octanol–water partition coefficient (Wildman–Crippen LogP) is -0.592. The number of nitrogens with two attached hydrogens (primary N) is 1. The van der Waals surface area contributed by atoms with Crippen LogP contribution in [-0.4, -0.2) is 47.5 Å². The number of aliphatic hydroxyl groups excluding tert-OH is 2. The molecular weight excluding hydrogens is 268 g/mol. The first-order valence-electron chi connectivity index (χ1n) is 5.67. The van der Waals surface area contributed by atoms with Gasteiger partial charge in [0.25, 0.3) is 0 Å². The number of anilines is 1. The van der Waals surface area contributed by atoms with E-state index in [2.05, 4.69) is 14.5 Å². The fraction of sp³-hybridized carbons (Fsp3) is 0.417. The molecular formula is C12H16N2O6. The number of pyridine rings is 1. The lowest BCUT2D eigenvalue weighted by Gasteiger charge is -2.17. The Kier molecular flexibility index (Phi) is 5.42. The molecule has 0 saturated carbocycles. The van der Waals surface area contributed by atoms with E-state index in [9.17, 15) is 19.8 Å². The maximum Gasteiger partial charge on any atom is 0.341 e. The Morgan fingerprint density at radius 1 is 1.35 bits per heavy atom. The molecule has 1 aromatic heterocycles. The summed E-state index contributed by atoms with van der Waals surface area (Å²) in [4.78, 5) is 26.2. The van der Waals surface area contributed by atoms with Gasteiger partial charge in [0.05, 0.1) is 26.7 Å². The summed E-state index contributed by atoms with van der Waals surface area (Å²) in [6, 6.07) is 1.25. The molecule has 0 amide bonds. The van der Waals surface area contributed by atoms with Crippen molar-refractivity contribution in [2.45, 2.75) is 18.6 Å². The molecule has 0 spiro atoms. The Hall–Kier alpha value is -2.19. The van der Waals surface area contributed by atoms with Crippen molar-refractivity contribution in [2.24, 2.45) is 0 Å². The van der Waals surface area contributed by atoms with Crippen molar-refractivity contribution >= 4 is 17.8 Å². The van der Waals surface area contributed by atoms with Crippen LogP contribution in [0.5, 0.6) is 0 Å². The van der Waals surface area contributed by atoms with E-state index in [0.29, 0.717) is 0 Å². The zero-order chi connectivity index (χ0) is 15.3. The molecule has 2 unspecified atom stereocenters. The molecule has 8 nitrogen and oxygen atoms in total. The molecule has 0 aliphatic rings. The van der Waals surface area contributed by atoms with Gasteiger partial charge in [0.2, 0.25) is 0 Å². The molecule has 0 aromatic carbocycles. The molecule has 0 saturated heterocycles. The summed E-state index contributed by atoms with van der Waals surface area (Å²) >= 11 is 0. The minimum Gasteiger partial charge on any atom is -0.469 e. The van der Waals surface area contributed by atoms with Gasteiger partial charge < -0.3 is 25.4 Å². The number of methoxy groups -OCH3 is 2. The van der Waals surface area contributed by atoms with Crippen molar-refractivity contribution in [1.29, 1.82) is 0 Å². The van der Waals surface area contributed by atoms with Crippen molar-refractivity contribution in [1.82, 2.24) is 4.98 Å². The van der Waals surface area contributed by atoms with Crippen molar-refractivity contribution in [3.8, 4) is 0 Å². The van der Waals surface area contributed by atoms with Crippen LogP contribution < -0.4 is 5.73 Å². The number of carbonyl (C=O) groups is 2. The van der Waals surface area contributed by atoms with E-state index in [1.165, 1.54) is 26.5 Å². The summed E-state index contributed by atoms with van der Waals surface area (Å²) in [5, 5.41) is 19.6. The maximum absolute atomic E-state index is 11.4. The van der Waals surface area contributed by atoms with E-state index in [-0.39, 0.29) is 16.9 Å². The highest BCUT2D eigenvalue weighted by Crippen LogP contribution is 2.22. The van der Waals surface area contributed by atoms with Gasteiger partial charge in [-0.15, -0.1) is 0 Å². The van der Waals surface area contributed by atoms with E-state index >= 15 is 0 Å². The third-order valence-corrected chi connectivity index (χ3v) is 2.65. The number of hydrogen-bond donors (Lipinski definition) is 3. The average Bonchev–Trinajstić information content (AvgIpc) is 2.45. The van der Waals surface area contributed by atoms with E-state index in [1.54, 1.807) is 0 Å². The van der Waals surface area contributed by atoms with Crippen LogP contribution in [-0.2, 0) is 14.3 Å². The summed E-state index contributed by atoms with van der Waals surface area (Å²) in [5.74, 6) is -1.45. The first-order valence-corrected chi connectivity index (χ1v) is 5.67.